The third-order valence-corrected chi connectivity index (χ3v) is 3.53. The Bertz CT molecular complexity index is 234. The minimum atomic E-state index is 0.653. The molecule has 124 valence electrons. The van der Waals surface area contributed by atoms with Gasteiger partial charge in [0.15, 0.2) is 0 Å². The Kier molecular flexibility index (Phi) is 18.8. The van der Waals surface area contributed by atoms with Gasteiger partial charge >= 0.3 is 0 Å². The van der Waals surface area contributed by atoms with Crippen LogP contribution in [0.1, 0.15) is 84.0 Å². The molecule has 0 bridgehead atoms. The molecule has 0 unspecified atom stereocenters. The lowest BCUT2D eigenvalue weighted by Gasteiger charge is -1.99. The molecule has 21 heavy (non-hydrogen) atoms. The fourth-order valence-corrected chi connectivity index (χ4v) is 2.22. The maximum Gasteiger partial charge on any atom is 0.0856 e. The Morgan fingerprint density at radius 2 is 1.10 bits per heavy atom. The van der Waals surface area contributed by atoms with E-state index >= 15 is 0 Å². The van der Waals surface area contributed by atoms with Gasteiger partial charge in [-0.3, -0.25) is 0 Å². The average Bonchev–Trinajstić information content (AvgIpc) is 2.50. The predicted octanol–water partition coefficient (Wildman–Crippen LogP) is 6.38. The molecule has 0 atom stereocenters. The standard InChI is InChI=1S/C19H36O2/c1-3-4-5-6-7-8-9-10-11-12-13-14-15-16-17-18-19-21-20-2/h6-7,16-17H,3-5,8-15,18-19H2,1-2H3/b7-6-,17-16+. The normalized spacial score (nSPS) is 11.9. The summed E-state index contributed by atoms with van der Waals surface area (Å²) in [7, 11) is 1.55. The minimum absolute atomic E-state index is 0.653. The fourth-order valence-electron chi connectivity index (χ4n) is 2.22. The van der Waals surface area contributed by atoms with Crippen LogP contribution in [0.5, 0.6) is 0 Å². The highest BCUT2D eigenvalue weighted by Crippen LogP contribution is 2.09. The first kappa shape index (κ1) is 20.4. The Hall–Kier alpha value is -0.600. The van der Waals surface area contributed by atoms with Crippen LogP contribution < -0.4 is 0 Å². The number of hydrogen-bond donors (Lipinski definition) is 0. The smallest absolute Gasteiger partial charge is 0.0856 e. The van der Waals surface area contributed by atoms with E-state index in [-0.39, 0.29) is 0 Å². The van der Waals surface area contributed by atoms with Gasteiger partial charge in [-0.1, -0.05) is 69.8 Å². The van der Waals surface area contributed by atoms with Crippen LogP contribution in [0, 0.1) is 0 Å². The summed E-state index contributed by atoms with van der Waals surface area (Å²) in [5.74, 6) is 0. The molecule has 0 aromatic carbocycles. The molecule has 2 heteroatoms. The van der Waals surface area contributed by atoms with Gasteiger partial charge in [-0.2, -0.15) is 0 Å². The Labute approximate surface area is 132 Å². The predicted molar refractivity (Wildman–Crippen MR) is 92.3 cm³/mol. The summed E-state index contributed by atoms with van der Waals surface area (Å²) < 4.78 is 0. The molecule has 0 rings (SSSR count). The second kappa shape index (κ2) is 19.4. The van der Waals surface area contributed by atoms with E-state index in [2.05, 4.69) is 36.1 Å². The molecule has 0 aliphatic heterocycles. The van der Waals surface area contributed by atoms with Crippen molar-refractivity contribution in [2.45, 2.75) is 84.0 Å². The molecule has 0 heterocycles. The van der Waals surface area contributed by atoms with Crippen LogP contribution in [0.2, 0.25) is 0 Å². The molecule has 0 saturated carbocycles. The third kappa shape index (κ3) is 19.4. The summed E-state index contributed by atoms with van der Waals surface area (Å²) in [5, 5.41) is 0. The van der Waals surface area contributed by atoms with Crippen LogP contribution >= 0.6 is 0 Å². The molecular formula is C19H36O2. The average molecular weight is 296 g/mol. The molecule has 0 radical (unpaired) electrons. The van der Waals surface area contributed by atoms with Gasteiger partial charge in [0.1, 0.15) is 0 Å². The Morgan fingerprint density at radius 1 is 0.619 bits per heavy atom. The maximum absolute atomic E-state index is 4.80. The Balaban J connectivity index is 3.07. The van der Waals surface area contributed by atoms with Crippen LogP contribution in [0.3, 0.4) is 0 Å². The summed E-state index contributed by atoms with van der Waals surface area (Å²) in [6.07, 6.45) is 24.7. The van der Waals surface area contributed by atoms with Crippen LogP contribution in [0.15, 0.2) is 24.3 Å². The summed E-state index contributed by atoms with van der Waals surface area (Å²) in [6, 6.07) is 0. The molecule has 0 aliphatic carbocycles. The molecule has 0 N–H and O–H groups in total. The minimum Gasteiger partial charge on any atom is -0.240 e. The quantitative estimate of drug-likeness (QED) is 0.142. The summed E-state index contributed by atoms with van der Waals surface area (Å²) >= 11 is 0. The van der Waals surface area contributed by atoms with Gasteiger partial charge in [0.2, 0.25) is 0 Å². The van der Waals surface area contributed by atoms with E-state index in [0.29, 0.717) is 6.61 Å². The summed E-state index contributed by atoms with van der Waals surface area (Å²) in [6.45, 7) is 2.90. The molecule has 0 aliphatic rings. The SMILES string of the molecule is CCCC/C=C\CCCCCCCC/C=C/CCOOC. The highest BCUT2D eigenvalue weighted by molar-refractivity contribution is 4.81. The lowest BCUT2D eigenvalue weighted by Crippen LogP contribution is -1.89. The van der Waals surface area contributed by atoms with Crippen LogP contribution in [-0.4, -0.2) is 13.7 Å². The first-order valence-electron chi connectivity index (χ1n) is 8.87. The monoisotopic (exact) mass is 296 g/mol. The maximum atomic E-state index is 4.80. The van der Waals surface area contributed by atoms with Crippen LogP contribution in [-0.2, 0) is 9.78 Å². The highest BCUT2D eigenvalue weighted by atomic mass is 17.2. The van der Waals surface area contributed by atoms with Gasteiger partial charge in [0.25, 0.3) is 0 Å². The summed E-state index contributed by atoms with van der Waals surface area (Å²) in [4.78, 5) is 9.32. The van der Waals surface area contributed by atoms with E-state index in [1.165, 1.54) is 70.6 Å². The van der Waals surface area contributed by atoms with Crippen molar-refractivity contribution in [2.24, 2.45) is 0 Å². The number of hydrogen-bond acceptors (Lipinski definition) is 2. The number of allylic oxidation sites excluding steroid dienone is 3. The highest BCUT2D eigenvalue weighted by Gasteiger charge is 1.90. The first-order chi connectivity index (χ1) is 10.4. The molecule has 2 nitrogen and oxygen atoms in total. The zero-order valence-corrected chi connectivity index (χ0v) is 14.3. The summed E-state index contributed by atoms with van der Waals surface area (Å²) in [5.41, 5.74) is 0. The van der Waals surface area contributed by atoms with Crippen molar-refractivity contribution >= 4 is 0 Å². The molecule has 0 saturated heterocycles. The van der Waals surface area contributed by atoms with Crippen molar-refractivity contribution < 1.29 is 9.78 Å². The molecule has 0 fully saturated rings. The van der Waals surface area contributed by atoms with Gasteiger partial charge in [0.05, 0.1) is 13.7 Å². The third-order valence-electron chi connectivity index (χ3n) is 3.53. The van der Waals surface area contributed by atoms with E-state index in [4.69, 9.17) is 4.89 Å². The molecule has 0 spiro atoms. The lowest BCUT2D eigenvalue weighted by molar-refractivity contribution is -0.271. The zero-order chi connectivity index (χ0) is 15.4. The van der Waals surface area contributed by atoms with Gasteiger partial charge in [0, 0.05) is 0 Å². The van der Waals surface area contributed by atoms with Gasteiger partial charge in [-0.15, -0.1) is 0 Å². The van der Waals surface area contributed by atoms with Crippen molar-refractivity contribution in [3.05, 3.63) is 24.3 Å². The zero-order valence-electron chi connectivity index (χ0n) is 14.3. The number of rotatable bonds is 16. The van der Waals surface area contributed by atoms with Crippen molar-refractivity contribution in [3.8, 4) is 0 Å². The van der Waals surface area contributed by atoms with Crippen molar-refractivity contribution in [1.82, 2.24) is 0 Å². The van der Waals surface area contributed by atoms with E-state index in [1.807, 2.05) is 0 Å². The molecule has 0 aromatic heterocycles. The second-order valence-corrected chi connectivity index (χ2v) is 5.56. The van der Waals surface area contributed by atoms with E-state index < -0.39 is 0 Å². The van der Waals surface area contributed by atoms with E-state index in [9.17, 15) is 0 Å². The molecule has 0 amide bonds. The van der Waals surface area contributed by atoms with Gasteiger partial charge in [-0.05, 0) is 38.5 Å². The van der Waals surface area contributed by atoms with E-state index in [1.54, 1.807) is 7.11 Å². The largest absolute Gasteiger partial charge is 0.240 e. The molecular weight excluding hydrogens is 260 g/mol. The molecule has 0 aromatic rings. The van der Waals surface area contributed by atoms with Crippen molar-refractivity contribution in [2.75, 3.05) is 13.7 Å². The van der Waals surface area contributed by atoms with Crippen LogP contribution in [0.25, 0.3) is 0 Å². The topological polar surface area (TPSA) is 18.5 Å². The fraction of sp³-hybridized carbons (Fsp3) is 0.789. The van der Waals surface area contributed by atoms with Crippen LogP contribution in [0.4, 0.5) is 0 Å². The lowest BCUT2D eigenvalue weighted by atomic mass is 10.1. The Morgan fingerprint density at radius 3 is 1.62 bits per heavy atom. The van der Waals surface area contributed by atoms with Gasteiger partial charge < -0.3 is 0 Å². The second-order valence-electron chi connectivity index (χ2n) is 5.56. The van der Waals surface area contributed by atoms with Crippen molar-refractivity contribution in [1.29, 1.82) is 0 Å². The first-order valence-corrected chi connectivity index (χ1v) is 8.87. The van der Waals surface area contributed by atoms with E-state index in [0.717, 1.165) is 6.42 Å². The van der Waals surface area contributed by atoms with Gasteiger partial charge in [-0.25, -0.2) is 9.78 Å². The van der Waals surface area contributed by atoms with Crippen molar-refractivity contribution in [3.63, 3.8) is 0 Å². The number of unbranched alkanes of at least 4 members (excludes halogenated alkanes) is 9.